The van der Waals surface area contributed by atoms with Crippen LogP contribution in [0, 0.1) is 0 Å². The van der Waals surface area contributed by atoms with Gasteiger partial charge in [0.1, 0.15) is 0 Å². The van der Waals surface area contributed by atoms with Crippen molar-refractivity contribution in [3.05, 3.63) is 33.7 Å². The fraction of sp³-hybridized carbons (Fsp3) is 0.625. The Balaban J connectivity index is 2.57. The standard InChI is InChI=1S/C16H22ClNO2/c1-16(2,3)13-9-8-11(10-14(17)19)15(20)18(13)12-6-4-5-7-12/h8-9,12H,4-7,10H2,1-3H3. The van der Waals surface area contributed by atoms with Gasteiger partial charge in [0.05, 0.1) is 6.42 Å². The molecule has 0 bridgehead atoms. The Kier molecular flexibility index (Phi) is 4.38. The molecule has 1 heterocycles. The van der Waals surface area contributed by atoms with E-state index in [1.54, 1.807) is 6.07 Å². The van der Waals surface area contributed by atoms with Crippen LogP contribution in [0.25, 0.3) is 0 Å². The SMILES string of the molecule is CC(C)(C)c1ccc(CC(=O)Cl)c(=O)n1C1CCCC1. The summed E-state index contributed by atoms with van der Waals surface area (Å²) in [4.78, 5) is 23.8. The number of nitrogens with zero attached hydrogens (tertiary/aromatic N) is 1. The van der Waals surface area contributed by atoms with E-state index in [1.807, 2.05) is 10.6 Å². The summed E-state index contributed by atoms with van der Waals surface area (Å²) in [6.45, 7) is 6.33. The summed E-state index contributed by atoms with van der Waals surface area (Å²) in [6, 6.07) is 4.01. The van der Waals surface area contributed by atoms with E-state index in [0.717, 1.165) is 18.5 Å². The summed E-state index contributed by atoms with van der Waals surface area (Å²) in [6.07, 6.45) is 4.43. The summed E-state index contributed by atoms with van der Waals surface area (Å²) in [7, 11) is 0. The van der Waals surface area contributed by atoms with Gasteiger partial charge in [-0.1, -0.05) is 39.7 Å². The average Bonchev–Trinajstić information content (AvgIpc) is 2.82. The topological polar surface area (TPSA) is 39.1 Å². The van der Waals surface area contributed by atoms with Crippen LogP contribution in [0.5, 0.6) is 0 Å². The highest BCUT2D eigenvalue weighted by molar-refractivity contribution is 6.63. The molecule has 0 aromatic carbocycles. The normalized spacial score (nSPS) is 16.6. The van der Waals surface area contributed by atoms with Crippen LogP contribution < -0.4 is 5.56 Å². The van der Waals surface area contributed by atoms with Crippen molar-refractivity contribution in [2.75, 3.05) is 0 Å². The summed E-state index contributed by atoms with van der Waals surface area (Å²) in [5.74, 6) is 0. The maximum atomic E-state index is 12.7. The maximum absolute atomic E-state index is 12.7. The van der Waals surface area contributed by atoms with Gasteiger partial charge in [-0.25, -0.2) is 0 Å². The highest BCUT2D eigenvalue weighted by atomic mass is 35.5. The fourth-order valence-corrected chi connectivity index (χ4v) is 3.16. The van der Waals surface area contributed by atoms with E-state index in [1.165, 1.54) is 12.8 Å². The summed E-state index contributed by atoms with van der Waals surface area (Å²) >= 11 is 5.44. The zero-order valence-corrected chi connectivity index (χ0v) is 13.2. The number of aromatic nitrogens is 1. The quantitative estimate of drug-likeness (QED) is 0.800. The van der Waals surface area contributed by atoms with Crippen LogP contribution in [0.1, 0.15) is 63.8 Å². The Morgan fingerprint density at radius 1 is 1.30 bits per heavy atom. The highest BCUT2D eigenvalue weighted by Crippen LogP contribution is 2.32. The second-order valence-corrected chi connectivity index (χ2v) is 7.06. The first kappa shape index (κ1) is 15.3. The fourth-order valence-electron chi connectivity index (χ4n) is 3.02. The Bertz CT molecular complexity index is 563. The minimum atomic E-state index is -0.483. The number of rotatable bonds is 3. The Hall–Kier alpha value is -1.09. The number of halogens is 1. The summed E-state index contributed by atoms with van der Waals surface area (Å²) < 4.78 is 1.92. The molecule has 1 aromatic rings. The van der Waals surface area contributed by atoms with Crippen molar-refractivity contribution in [3.8, 4) is 0 Å². The zero-order chi connectivity index (χ0) is 14.9. The van der Waals surface area contributed by atoms with Crippen LogP contribution in [0.2, 0.25) is 0 Å². The molecule has 1 aliphatic rings. The molecule has 4 heteroatoms. The molecule has 2 rings (SSSR count). The van der Waals surface area contributed by atoms with Crippen LogP contribution in [0.4, 0.5) is 0 Å². The predicted octanol–water partition coefficient (Wildman–Crippen LogP) is 3.57. The molecule has 1 fully saturated rings. The van der Waals surface area contributed by atoms with Gasteiger partial charge in [-0.3, -0.25) is 9.59 Å². The largest absolute Gasteiger partial charge is 0.309 e. The third-order valence-corrected chi connectivity index (χ3v) is 4.12. The van der Waals surface area contributed by atoms with Gasteiger partial charge in [-0.05, 0) is 30.5 Å². The van der Waals surface area contributed by atoms with Gasteiger partial charge in [0.15, 0.2) is 0 Å². The lowest BCUT2D eigenvalue weighted by Crippen LogP contribution is -2.34. The first-order valence-corrected chi connectivity index (χ1v) is 7.61. The minimum Gasteiger partial charge on any atom is -0.309 e. The second-order valence-electron chi connectivity index (χ2n) is 6.64. The molecular formula is C16H22ClNO2. The lowest BCUT2D eigenvalue weighted by atomic mass is 9.90. The lowest BCUT2D eigenvalue weighted by Gasteiger charge is -2.28. The third kappa shape index (κ3) is 3.14. The monoisotopic (exact) mass is 295 g/mol. The van der Waals surface area contributed by atoms with Gasteiger partial charge < -0.3 is 4.57 Å². The van der Waals surface area contributed by atoms with Crippen LogP contribution in [-0.4, -0.2) is 9.81 Å². The molecule has 0 spiro atoms. The number of hydrogen-bond donors (Lipinski definition) is 0. The van der Waals surface area contributed by atoms with Gasteiger partial charge in [-0.15, -0.1) is 0 Å². The van der Waals surface area contributed by atoms with Gasteiger partial charge in [-0.2, -0.15) is 0 Å². The molecule has 1 aliphatic carbocycles. The molecule has 110 valence electrons. The number of carbonyl (C=O) groups excluding carboxylic acids is 1. The van der Waals surface area contributed by atoms with Crippen LogP contribution in [0.3, 0.4) is 0 Å². The van der Waals surface area contributed by atoms with Gasteiger partial charge in [0.2, 0.25) is 5.24 Å². The number of carbonyl (C=O) groups is 1. The van der Waals surface area contributed by atoms with E-state index in [-0.39, 0.29) is 23.4 Å². The Morgan fingerprint density at radius 2 is 1.90 bits per heavy atom. The van der Waals surface area contributed by atoms with Crippen molar-refractivity contribution in [2.45, 2.75) is 64.3 Å². The van der Waals surface area contributed by atoms with Crippen molar-refractivity contribution in [1.82, 2.24) is 4.57 Å². The molecule has 0 atom stereocenters. The summed E-state index contributed by atoms with van der Waals surface area (Å²) in [5.41, 5.74) is 1.41. The molecule has 20 heavy (non-hydrogen) atoms. The first-order chi connectivity index (χ1) is 9.30. The molecule has 0 amide bonds. The van der Waals surface area contributed by atoms with E-state index < -0.39 is 5.24 Å². The van der Waals surface area contributed by atoms with Crippen LogP contribution in [0.15, 0.2) is 16.9 Å². The zero-order valence-electron chi connectivity index (χ0n) is 12.4. The summed E-state index contributed by atoms with van der Waals surface area (Å²) in [5, 5.41) is -0.483. The molecule has 1 aromatic heterocycles. The predicted molar refractivity (Wildman–Crippen MR) is 81.5 cm³/mol. The first-order valence-electron chi connectivity index (χ1n) is 7.24. The van der Waals surface area contributed by atoms with Crippen molar-refractivity contribution in [3.63, 3.8) is 0 Å². The van der Waals surface area contributed by atoms with E-state index in [2.05, 4.69) is 20.8 Å². The number of pyridine rings is 1. The molecule has 0 N–H and O–H groups in total. The van der Waals surface area contributed by atoms with Crippen molar-refractivity contribution >= 4 is 16.8 Å². The molecule has 0 saturated heterocycles. The smallest absolute Gasteiger partial charge is 0.254 e. The van der Waals surface area contributed by atoms with Gasteiger partial charge >= 0.3 is 0 Å². The van der Waals surface area contributed by atoms with Gasteiger partial charge in [0.25, 0.3) is 5.56 Å². The minimum absolute atomic E-state index is 0.0114. The molecule has 0 unspecified atom stereocenters. The number of hydrogen-bond acceptors (Lipinski definition) is 2. The van der Waals surface area contributed by atoms with E-state index >= 15 is 0 Å². The average molecular weight is 296 g/mol. The molecule has 1 saturated carbocycles. The van der Waals surface area contributed by atoms with Crippen molar-refractivity contribution in [2.24, 2.45) is 0 Å². The van der Waals surface area contributed by atoms with E-state index in [9.17, 15) is 9.59 Å². The Labute approximate surface area is 124 Å². The second kappa shape index (κ2) is 5.72. The van der Waals surface area contributed by atoms with Crippen molar-refractivity contribution in [1.29, 1.82) is 0 Å². The van der Waals surface area contributed by atoms with E-state index in [0.29, 0.717) is 5.56 Å². The van der Waals surface area contributed by atoms with Gasteiger partial charge in [0, 0.05) is 22.7 Å². The van der Waals surface area contributed by atoms with E-state index in [4.69, 9.17) is 11.6 Å². The van der Waals surface area contributed by atoms with Crippen molar-refractivity contribution < 1.29 is 4.79 Å². The molecule has 0 aliphatic heterocycles. The maximum Gasteiger partial charge on any atom is 0.254 e. The Morgan fingerprint density at radius 3 is 2.40 bits per heavy atom. The molecule has 0 radical (unpaired) electrons. The highest BCUT2D eigenvalue weighted by Gasteiger charge is 2.26. The molecular weight excluding hydrogens is 274 g/mol. The van der Waals surface area contributed by atoms with Crippen LogP contribution >= 0.6 is 11.6 Å². The third-order valence-electron chi connectivity index (χ3n) is 3.98. The lowest BCUT2D eigenvalue weighted by molar-refractivity contribution is -0.111. The van der Waals surface area contributed by atoms with Crippen LogP contribution in [-0.2, 0) is 16.6 Å². The molecule has 3 nitrogen and oxygen atoms in total.